The highest BCUT2D eigenvalue weighted by molar-refractivity contribution is 7.10. The number of amides is 2. The first-order valence-electron chi connectivity index (χ1n) is 10.7. The molecule has 164 valence electrons. The van der Waals surface area contributed by atoms with Gasteiger partial charge in [-0.3, -0.25) is 9.59 Å². The van der Waals surface area contributed by atoms with E-state index < -0.39 is 0 Å². The molecule has 0 saturated carbocycles. The Kier molecular flexibility index (Phi) is 10.6. The van der Waals surface area contributed by atoms with E-state index in [1.165, 1.54) is 10.4 Å². The fourth-order valence-electron chi connectivity index (χ4n) is 3.20. The maximum Gasteiger partial charge on any atom is 0.242 e. The van der Waals surface area contributed by atoms with Crippen LogP contribution in [0, 0.1) is 6.92 Å². The van der Waals surface area contributed by atoms with E-state index in [0.29, 0.717) is 39.3 Å². The average molecular weight is 431 g/mol. The van der Waals surface area contributed by atoms with Crippen LogP contribution in [-0.4, -0.2) is 47.9 Å². The summed E-state index contributed by atoms with van der Waals surface area (Å²) in [5.74, 6) is 0.0156. The SMILES string of the molecule is CCCC(=O)N(CCCOCC)CC(=O)N(Cc1ccccc1)Cc1sccc1C. The van der Waals surface area contributed by atoms with E-state index in [1.807, 2.05) is 49.1 Å². The Labute approximate surface area is 184 Å². The van der Waals surface area contributed by atoms with Crippen molar-refractivity contribution in [3.8, 4) is 0 Å². The Balaban J connectivity index is 2.11. The second kappa shape index (κ2) is 13.2. The second-order valence-corrected chi connectivity index (χ2v) is 8.38. The quantitative estimate of drug-likeness (QED) is 0.435. The van der Waals surface area contributed by atoms with Crippen molar-refractivity contribution in [1.82, 2.24) is 9.80 Å². The summed E-state index contributed by atoms with van der Waals surface area (Å²) in [5.41, 5.74) is 2.28. The van der Waals surface area contributed by atoms with E-state index in [0.717, 1.165) is 18.4 Å². The Morgan fingerprint density at radius 2 is 1.77 bits per heavy atom. The Bertz CT molecular complexity index is 776. The van der Waals surface area contributed by atoms with E-state index in [9.17, 15) is 9.59 Å². The van der Waals surface area contributed by atoms with E-state index >= 15 is 0 Å². The summed E-state index contributed by atoms with van der Waals surface area (Å²) in [6, 6.07) is 12.1. The lowest BCUT2D eigenvalue weighted by atomic mass is 10.2. The molecule has 0 aliphatic carbocycles. The number of aryl methyl sites for hydroxylation is 1. The zero-order valence-electron chi connectivity index (χ0n) is 18.4. The van der Waals surface area contributed by atoms with Gasteiger partial charge in [0.1, 0.15) is 0 Å². The summed E-state index contributed by atoms with van der Waals surface area (Å²) in [6.45, 7) is 9.02. The molecule has 1 heterocycles. The molecule has 0 aliphatic heterocycles. The van der Waals surface area contributed by atoms with Gasteiger partial charge in [0.15, 0.2) is 0 Å². The van der Waals surface area contributed by atoms with Crippen LogP contribution >= 0.6 is 11.3 Å². The number of carbonyl (C=O) groups excluding carboxylic acids is 2. The lowest BCUT2D eigenvalue weighted by Crippen LogP contribution is -2.43. The number of ether oxygens (including phenoxy) is 1. The molecule has 2 aromatic rings. The maximum absolute atomic E-state index is 13.3. The van der Waals surface area contributed by atoms with Gasteiger partial charge in [0.05, 0.1) is 13.1 Å². The number of nitrogens with zero attached hydrogens (tertiary/aromatic N) is 2. The molecule has 0 atom stereocenters. The molecule has 0 unspecified atom stereocenters. The minimum atomic E-state index is -0.0208. The summed E-state index contributed by atoms with van der Waals surface area (Å²) in [7, 11) is 0. The van der Waals surface area contributed by atoms with E-state index in [1.54, 1.807) is 16.2 Å². The van der Waals surface area contributed by atoms with Crippen LogP contribution in [0.15, 0.2) is 41.8 Å². The fourth-order valence-corrected chi connectivity index (χ4v) is 4.13. The first-order valence-corrected chi connectivity index (χ1v) is 11.6. The summed E-state index contributed by atoms with van der Waals surface area (Å²) in [6.07, 6.45) is 1.97. The summed E-state index contributed by atoms with van der Waals surface area (Å²) in [4.78, 5) is 30.7. The highest BCUT2D eigenvalue weighted by Crippen LogP contribution is 2.20. The van der Waals surface area contributed by atoms with Crippen LogP contribution in [0.3, 0.4) is 0 Å². The van der Waals surface area contributed by atoms with Crippen molar-refractivity contribution in [1.29, 1.82) is 0 Å². The molecule has 5 nitrogen and oxygen atoms in total. The van der Waals surface area contributed by atoms with Crippen molar-refractivity contribution in [3.63, 3.8) is 0 Å². The summed E-state index contributed by atoms with van der Waals surface area (Å²) >= 11 is 1.67. The van der Waals surface area contributed by atoms with Gasteiger partial charge in [-0.05, 0) is 49.3 Å². The molecular weight excluding hydrogens is 396 g/mol. The van der Waals surface area contributed by atoms with Crippen LogP contribution in [-0.2, 0) is 27.4 Å². The van der Waals surface area contributed by atoms with Crippen LogP contribution < -0.4 is 0 Å². The monoisotopic (exact) mass is 430 g/mol. The molecule has 30 heavy (non-hydrogen) atoms. The molecule has 6 heteroatoms. The van der Waals surface area contributed by atoms with Crippen LogP contribution in [0.2, 0.25) is 0 Å². The maximum atomic E-state index is 13.3. The van der Waals surface area contributed by atoms with Crippen molar-refractivity contribution in [2.24, 2.45) is 0 Å². The Hall–Kier alpha value is -2.18. The first-order chi connectivity index (χ1) is 14.5. The van der Waals surface area contributed by atoms with Gasteiger partial charge in [0.2, 0.25) is 11.8 Å². The van der Waals surface area contributed by atoms with Gasteiger partial charge in [-0.15, -0.1) is 11.3 Å². The molecular formula is C24H34N2O3S. The molecule has 0 saturated heterocycles. The minimum absolute atomic E-state index is 0.0208. The average Bonchev–Trinajstić information content (AvgIpc) is 3.15. The molecule has 0 fully saturated rings. The number of thiophene rings is 1. The van der Waals surface area contributed by atoms with Gasteiger partial charge in [-0.25, -0.2) is 0 Å². The summed E-state index contributed by atoms with van der Waals surface area (Å²) in [5, 5.41) is 2.06. The third kappa shape index (κ3) is 7.92. The number of hydrogen-bond donors (Lipinski definition) is 0. The second-order valence-electron chi connectivity index (χ2n) is 7.38. The topological polar surface area (TPSA) is 49.9 Å². The minimum Gasteiger partial charge on any atom is -0.382 e. The van der Waals surface area contributed by atoms with Crippen LogP contribution in [0.1, 0.15) is 49.1 Å². The molecule has 0 spiro atoms. The van der Waals surface area contributed by atoms with E-state index in [-0.39, 0.29) is 18.4 Å². The van der Waals surface area contributed by atoms with Gasteiger partial charge in [0, 0.05) is 37.6 Å². The molecule has 1 aromatic heterocycles. The van der Waals surface area contributed by atoms with Gasteiger partial charge < -0.3 is 14.5 Å². The molecule has 0 aliphatic rings. The molecule has 0 radical (unpaired) electrons. The third-order valence-corrected chi connectivity index (χ3v) is 5.94. The Morgan fingerprint density at radius 3 is 2.40 bits per heavy atom. The van der Waals surface area contributed by atoms with Gasteiger partial charge >= 0.3 is 0 Å². The molecule has 2 rings (SSSR count). The zero-order valence-corrected chi connectivity index (χ0v) is 19.2. The highest BCUT2D eigenvalue weighted by Gasteiger charge is 2.22. The standard InChI is InChI=1S/C24H34N2O3S/c1-4-10-23(27)25(14-9-15-29-5-2)19-24(28)26(17-21-11-7-6-8-12-21)18-22-20(3)13-16-30-22/h6-8,11-13,16H,4-5,9-10,14-15,17-19H2,1-3H3. The lowest BCUT2D eigenvalue weighted by Gasteiger charge is -2.28. The lowest BCUT2D eigenvalue weighted by molar-refractivity contribution is -0.141. The van der Waals surface area contributed by atoms with Crippen molar-refractivity contribution in [3.05, 3.63) is 57.8 Å². The number of hydrogen-bond acceptors (Lipinski definition) is 4. The van der Waals surface area contributed by atoms with Crippen molar-refractivity contribution >= 4 is 23.2 Å². The fraction of sp³-hybridized carbons (Fsp3) is 0.500. The molecule has 2 amide bonds. The van der Waals surface area contributed by atoms with Crippen molar-refractivity contribution in [2.45, 2.75) is 53.1 Å². The van der Waals surface area contributed by atoms with Gasteiger partial charge in [-0.1, -0.05) is 37.3 Å². The molecule has 1 aromatic carbocycles. The third-order valence-electron chi connectivity index (χ3n) is 4.94. The van der Waals surface area contributed by atoms with E-state index in [4.69, 9.17) is 4.74 Å². The molecule has 0 bridgehead atoms. The number of rotatable bonds is 13. The van der Waals surface area contributed by atoms with Crippen LogP contribution in [0.25, 0.3) is 0 Å². The van der Waals surface area contributed by atoms with Gasteiger partial charge in [0.25, 0.3) is 0 Å². The van der Waals surface area contributed by atoms with Crippen LogP contribution in [0.4, 0.5) is 0 Å². The predicted octanol–water partition coefficient (Wildman–Crippen LogP) is 4.64. The Morgan fingerprint density at radius 1 is 1.00 bits per heavy atom. The van der Waals surface area contributed by atoms with Crippen molar-refractivity contribution < 1.29 is 14.3 Å². The smallest absolute Gasteiger partial charge is 0.242 e. The summed E-state index contributed by atoms with van der Waals surface area (Å²) < 4.78 is 5.41. The van der Waals surface area contributed by atoms with E-state index in [2.05, 4.69) is 18.4 Å². The zero-order chi connectivity index (χ0) is 21.8. The van der Waals surface area contributed by atoms with Crippen LogP contribution in [0.5, 0.6) is 0 Å². The highest BCUT2D eigenvalue weighted by atomic mass is 32.1. The first kappa shape index (κ1) is 24.1. The van der Waals surface area contributed by atoms with Crippen molar-refractivity contribution in [2.75, 3.05) is 26.3 Å². The number of carbonyl (C=O) groups is 2. The normalized spacial score (nSPS) is 10.8. The number of benzene rings is 1. The predicted molar refractivity (Wildman–Crippen MR) is 122 cm³/mol. The van der Waals surface area contributed by atoms with Gasteiger partial charge in [-0.2, -0.15) is 0 Å². The largest absolute Gasteiger partial charge is 0.382 e. The molecule has 0 N–H and O–H groups in total.